The Hall–Kier alpha value is -2.14. The number of amides is 1. The fourth-order valence-corrected chi connectivity index (χ4v) is 2.50. The Kier molecular flexibility index (Phi) is 5.93. The third-order valence-electron chi connectivity index (χ3n) is 3.85. The molecule has 0 atom stereocenters. The maximum Gasteiger partial charge on any atom is 0.236 e. The van der Waals surface area contributed by atoms with E-state index in [1.165, 1.54) is 0 Å². The zero-order valence-corrected chi connectivity index (χ0v) is 14.4. The Bertz CT molecular complexity index is 633. The van der Waals surface area contributed by atoms with Crippen LogP contribution < -0.4 is 0 Å². The van der Waals surface area contributed by atoms with Gasteiger partial charge in [0, 0.05) is 25.2 Å². The zero-order valence-electron chi connectivity index (χ0n) is 14.4. The van der Waals surface area contributed by atoms with Gasteiger partial charge in [0.2, 0.25) is 11.8 Å². The lowest BCUT2D eigenvalue weighted by molar-refractivity contribution is -0.131. The summed E-state index contributed by atoms with van der Waals surface area (Å²) in [4.78, 5) is 20.5. The van der Waals surface area contributed by atoms with Crippen LogP contribution in [-0.4, -0.2) is 47.4 Å². The zero-order chi connectivity index (χ0) is 16.8. The van der Waals surface area contributed by atoms with Crippen molar-refractivity contribution in [2.24, 2.45) is 0 Å². The normalized spacial score (nSPS) is 11.0. The minimum absolute atomic E-state index is 0.141. The molecule has 0 aliphatic rings. The maximum absolute atomic E-state index is 12.2. The van der Waals surface area contributed by atoms with Gasteiger partial charge in [-0.15, -0.1) is 0 Å². The molecule has 1 aromatic heterocycles. The van der Waals surface area contributed by atoms with Gasteiger partial charge in [-0.05, 0) is 40.0 Å². The molecule has 0 N–H and O–H groups in total. The second-order valence-corrected chi connectivity index (χ2v) is 5.63. The first-order valence-electron chi connectivity index (χ1n) is 8.03. The number of benzene rings is 1. The molecule has 0 spiro atoms. The van der Waals surface area contributed by atoms with Gasteiger partial charge in [0.25, 0.3) is 0 Å². The molecule has 0 saturated heterocycles. The predicted molar refractivity (Wildman–Crippen MR) is 90.9 cm³/mol. The van der Waals surface area contributed by atoms with E-state index < -0.39 is 0 Å². The molecule has 0 unspecified atom stereocenters. The summed E-state index contributed by atoms with van der Waals surface area (Å²) >= 11 is 0. The number of hydrogen-bond donors (Lipinski definition) is 0. The Balaban J connectivity index is 2.03. The summed E-state index contributed by atoms with van der Waals surface area (Å²) in [5.41, 5.74) is 1.84. The van der Waals surface area contributed by atoms with Crippen molar-refractivity contribution >= 4 is 5.91 Å². The van der Waals surface area contributed by atoms with E-state index in [4.69, 9.17) is 4.42 Å². The van der Waals surface area contributed by atoms with Crippen LogP contribution in [0.2, 0.25) is 0 Å². The van der Waals surface area contributed by atoms with E-state index in [2.05, 4.69) is 4.98 Å². The van der Waals surface area contributed by atoms with Crippen molar-refractivity contribution in [2.75, 3.05) is 26.7 Å². The number of nitrogens with zero attached hydrogens (tertiary/aromatic N) is 3. The molecule has 0 aliphatic carbocycles. The largest absolute Gasteiger partial charge is 0.441 e. The number of aryl methyl sites for hydroxylation is 1. The van der Waals surface area contributed by atoms with Crippen molar-refractivity contribution in [1.82, 2.24) is 14.8 Å². The van der Waals surface area contributed by atoms with Gasteiger partial charge in [0.05, 0.1) is 12.2 Å². The van der Waals surface area contributed by atoms with Crippen molar-refractivity contribution in [2.45, 2.75) is 27.3 Å². The number of hydrogen-bond acceptors (Lipinski definition) is 4. The summed E-state index contributed by atoms with van der Waals surface area (Å²) in [6, 6.07) is 9.84. The van der Waals surface area contributed by atoms with Gasteiger partial charge < -0.3 is 9.32 Å². The summed E-state index contributed by atoms with van der Waals surface area (Å²) < 4.78 is 5.76. The van der Waals surface area contributed by atoms with Gasteiger partial charge in [-0.3, -0.25) is 9.69 Å². The SMILES string of the molecule is CCN(CC)C(=O)CN(C)Cc1nc(-c2ccccc2)oc1C. The van der Waals surface area contributed by atoms with E-state index in [0.29, 0.717) is 19.0 Å². The van der Waals surface area contributed by atoms with Crippen LogP contribution in [0.25, 0.3) is 11.5 Å². The van der Waals surface area contributed by atoms with Crippen LogP contribution in [0, 0.1) is 6.92 Å². The van der Waals surface area contributed by atoms with E-state index in [-0.39, 0.29) is 5.91 Å². The molecule has 0 saturated carbocycles. The Morgan fingerprint density at radius 1 is 1.17 bits per heavy atom. The van der Waals surface area contributed by atoms with Crippen LogP contribution in [0.3, 0.4) is 0 Å². The fourth-order valence-electron chi connectivity index (χ4n) is 2.50. The predicted octanol–water partition coefficient (Wildman–Crippen LogP) is 2.95. The lowest BCUT2D eigenvalue weighted by Crippen LogP contribution is -2.38. The Morgan fingerprint density at radius 2 is 1.83 bits per heavy atom. The van der Waals surface area contributed by atoms with Crippen molar-refractivity contribution in [3.05, 3.63) is 41.8 Å². The minimum atomic E-state index is 0.141. The third-order valence-corrected chi connectivity index (χ3v) is 3.85. The molecule has 2 aromatic rings. The van der Waals surface area contributed by atoms with Gasteiger partial charge >= 0.3 is 0 Å². The summed E-state index contributed by atoms with van der Waals surface area (Å²) in [5, 5.41) is 0. The van der Waals surface area contributed by atoms with E-state index in [1.54, 1.807) is 0 Å². The number of oxazole rings is 1. The molecular weight excluding hydrogens is 290 g/mol. The summed E-state index contributed by atoms with van der Waals surface area (Å²) in [6.45, 7) is 8.36. The van der Waals surface area contributed by atoms with E-state index in [1.807, 2.05) is 68.0 Å². The first kappa shape index (κ1) is 17.2. The molecule has 124 valence electrons. The number of likely N-dealkylation sites (N-methyl/N-ethyl adjacent to an activating group) is 2. The number of rotatable bonds is 7. The molecular formula is C18H25N3O2. The number of carbonyl (C=O) groups excluding carboxylic acids is 1. The average molecular weight is 315 g/mol. The first-order chi connectivity index (χ1) is 11.0. The summed E-state index contributed by atoms with van der Waals surface area (Å²) in [7, 11) is 1.93. The van der Waals surface area contributed by atoms with E-state index >= 15 is 0 Å². The van der Waals surface area contributed by atoms with Crippen LogP contribution >= 0.6 is 0 Å². The van der Waals surface area contributed by atoms with Crippen molar-refractivity contribution in [3.8, 4) is 11.5 Å². The Morgan fingerprint density at radius 3 is 2.43 bits per heavy atom. The second-order valence-electron chi connectivity index (χ2n) is 5.63. The number of aromatic nitrogens is 1. The number of carbonyl (C=O) groups is 1. The molecule has 5 heteroatoms. The van der Waals surface area contributed by atoms with Gasteiger partial charge in [0.1, 0.15) is 5.76 Å². The monoisotopic (exact) mass is 315 g/mol. The summed E-state index contributed by atoms with van der Waals surface area (Å²) in [5.74, 6) is 1.56. The van der Waals surface area contributed by atoms with Gasteiger partial charge in [0.15, 0.2) is 0 Å². The van der Waals surface area contributed by atoms with Gasteiger partial charge in [-0.1, -0.05) is 18.2 Å². The standard InChI is InChI=1S/C18H25N3O2/c1-5-21(6-2)17(22)13-20(4)12-16-14(3)23-18(19-16)15-10-8-7-9-11-15/h7-11H,5-6,12-13H2,1-4H3. The van der Waals surface area contributed by atoms with Crippen LogP contribution in [-0.2, 0) is 11.3 Å². The van der Waals surface area contributed by atoms with Crippen molar-refractivity contribution in [1.29, 1.82) is 0 Å². The minimum Gasteiger partial charge on any atom is -0.441 e. The molecule has 5 nitrogen and oxygen atoms in total. The highest BCUT2D eigenvalue weighted by atomic mass is 16.4. The molecule has 0 fully saturated rings. The fraction of sp³-hybridized carbons (Fsp3) is 0.444. The maximum atomic E-state index is 12.2. The van der Waals surface area contributed by atoms with Crippen molar-refractivity contribution < 1.29 is 9.21 Å². The third kappa shape index (κ3) is 4.42. The second kappa shape index (κ2) is 7.92. The van der Waals surface area contributed by atoms with Crippen LogP contribution in [0.4, 0.5) is 0 Å². The quantitative estimate of drug-likeness (QED) is 0.788. The molecule has 0 radical (unpaired) electrons. The topological polar surface area (TPSA) is 49.6 Å². The highest BCUT2D eigenvalue weighted by molar-refractivity contribution is 5.78. The van der Waals surface area contributed by atoms with Gasteiger partial charge in [-0.25, -0.2) is 4.98 Å². The highest BCUT2D eigenvalue weighted by Crippen LogP contribution is 2.22. The lowest BCUT2D eigenvalue weighted by Gasteiger charge is -2.22. The van der Waals surface area contributed by atoms with E-state index in [0.717, 1.165) is 30.1 Å². The molecule has 1 amide bonds. The van der Waals surface area contributed by atoms with Gasteiger partial charge in [-0.2, -0.15) is 0 Å². The van der Waals surface area contributed by atoms with Crippen LogP contribution in [0.1, 0.15) is 25.3 Å². The average Bonchev–Trinajstić information content (AvgIpc) is 2.90. The summed E-state index contributed by atoms with van der Waals surface area (Å²) in [6.07, 6.45) is 0. The van der Waals surface area contributed by atoms with Crippen LogP contribution in [0.5, 0.6) is 0 Å². The lowest BCUT2D eigenvalue weighted by atomic mass is 10.2. The highest BCUT2D eigenvalue weighted by Gasteiger charge is 2.16. The molecule has 2 rings (SSSR count). The molecule has 1 heterocycles. The Labute approximate surface area is 137 Å². The molecule has 0 aliphatic heterocycles. The van der Waals surface area contributed by atoms with Crippen LogP contribution in [0.15, 0.2) is 34.7 Å². The first-order valence-corrected chi connectivity index (χ1v) is 8.03. The smallest absolute Gasteiger partial charge is 0.236 e. The van der Waals surface area contributed by atoms with E-state index in [9.17, 15) is 4.79 Å². The molecule has 1 aromatic carbocycles. The van der Waals surface area contributed by atoms with Crippen molar-refractivity contribution in [3.63, 3.8) is 0 Å². The molecule has 23 heavy (non-hydrogen) atoms. The molecule has 0 bridgehead atoms.